The predicted octanol–water partition coefficient (Wildman–Crippen LogP) is 4.08. The van der Waals surface area contributed by atoms with Gasteiger partial charge in [-0.25, -0.2) is 4.79 Å². The van der Waals surface area contributed by atoms with E-state index in [0.717, 1.165) is 44.0 Å². The van der Waals surface area contributed by atoms with E-state index in [1.54, 1.807) is 12.0 Å². The molecule has 0 N–H and O–H groups in total. The molecule has 2 aromatic rings. The van der Waals surface area contributed by atoms with E-state index in [2.05, 4.69) is 40.1 Å². The molecule has 1 aliphatic carbocycles. The first-order valence-electron chi connectivity index (χ1n) is 13.9. The number of ether oxygens (including phenoxy) is 1. The van der Waals surface area contributed by atoms with Gasteiger partial charge in [-0.3, -0.25) is 14.6 Å². The fourth-order valence-electron chi connectivity index (χ4n) is 7.08. The van der Waals surface area contributed by atoms with Crippen LogP contribution in [0.3, 0.4) is 0 Å². The molecule has 7 nitrogen and oxygen atoms in total. The van der Waals surface area contributed by atoms with Crippen LogP contribution < -0.4 is 9.64 Å². The van der Waals surface area contributed by atoms with Crippen LogP contribution in [0.1, 0.15) is 49.3 Å². The van der Waals surface area contributed by atoms with Crippen LogP contribution in [0.4, 0.5) is 10.5 Å². The van der Waals surface area contributed by atoms with Gasteiger partial charge in [0.25, 0.3) is 5.91 Å². The molecular formula is C30H38N4O3. The van der Waals surface area contributed by atoms with E-state index in [1.807, 2.05) is 24.0 Å². The Bertz CT molecular complexity index is 1170. The van der Waals surface area contributed by atoms with E-state index in [0.29, 0.717) is 32.2 Å². The predicted molar refractivity (Wildman–Crippen MR) is 144 cm³/mol. The molecule has 0 aromatic heterocycles. The van der Waals surface area contributed by atoms with Gasteiger partial charge in [-0.2, -0.15) is 0 Å². The number of methoxy groups -OCH3 is 1. The van der Waals surface area contributed by atoms with Gasteiger partial charge in [-0.15, -0.1) is 0 Å². The van der Waals surface area contributed by atoms with Crippen molar-refractivity contribution in [3.63, 3.8) is 0 Å². The normalized spacial score (nSPS) is 23.4. The summed E-state index contributed by atoms with van der Waals surface area (Å²) in [5.41, 5.74) is 4.23. The average Bonchev–Trinajstić information content (AvgIpc) is 3.64. The second-order valence-corrected chi connectivity index (χ2v) is 11.0. The summed E-state index contributed by atoms with van der Waals surface area (Å²) in [6.07, 6.45) is 5.33. The molecule has 196 valence electrons. The number of amides is 3. The SMILES string of the molecule is CCN1C(=O)N(C2Cc3cccc(OC)c3C2)C(=O)C12CCN(Cc1ccc(N3CCCC3)cc1)CC2. The number of carbonyl (C=O) groups excluding carboxylic acids is 2. The molecule has 3 fully saturated rings. The van der Waals surface area contributed by atoms with Crippen molar-refractivity contribution in [2.45, 2.75) is 63.6 Å². The Balaban J connectivity index is 1.13. The van der Waals surface area contributed by atoms with Crippen LogP contribution in [0.25, 0.3) is 0 Å². The summed E-state index contributed by atoms with van der Waals surface area (Å²) in [4.78, 5) is 35.9. The van der Waals surface area contributed by atoms with Gasteiger partial charge in [0.2, 0.25) is 0 Å². The standard InChI is InChI=1S/C30H38N4O3/c1-3-33-29(36)34(25-19-23-7-6-8-27(37-2)26(23)20-25)28(35)30(33)13-17-31(18-14-30)21-22-9-11-24(12-10-22)32-15-4-5-16-32/h6-12,25H,3-5,13-21H2,1-2H3. The number of rotatable bonds is 6. The molecule has 3 amide bonds. The van der Waals surface area contributed by atoms with Crippen molar-refractivity contribution in [1.29, 1.82) is 0 Å². The van der Waals surface area contributed by atoms with Gasteiger partial charge in [0.05, 0.1) is 7.11 Å². The highest BCUT2D eigenvalue weighted by molar-refractivity contribution is 6.07. The van der Waals surface area contributed by atoms with Crippen LogP contribution in [-0.4, -0.2) is 78.1 Å². The Morgan fingerprint density at radius 1 is 0.946 bits per heavy atom. The number of likely N-dealkylation sites (N-methyl/N-ethyl adjacent to an activating group) is 1. The summed E-state index contributed by atoms with van der Waals surface area (Å²) >= 11 is 0. The zero-order valence-electron chi connectivity index (χ0n) is 22.1. The zero-order chi connectivity index (χ0) is 25.6. The lowest BCUT2D eigenvalue weighted by Gasteiger charge is -2.42. The highest BCUT2D eigenvalue weighted by Gasteiger charge is 2.59. The van der Waals surface area contributed by atoms with E-state index in [1.165, 1.54) is 29.7 Å². The maximum absolute atomic E-state index is 14.0. The van der Waals surface area contributed by atoms with Gasteiger partial charge in [0.15, 0.2) is 0 Å². The summed E-state index contributed by atoms with van der Waals surface area (Å²) in [7, 11) is 1.68. The van der Waals surface area contributed by atoms with Crippen molar-refractivity contribution >= 4 is 17.6 Å². The van der Waals surface area contributed by atoms with Crippen LogP contribution in [0.2, 0.25) is 0 Å². The maximum Gasteiger partial charge on any atom is 0.327 e. The van der Waals surface area contributed by atoms with Gasteiger partial charge in [0, 0.05) is 51.0 Å². The Morgan fingerprint density at radius 2 is 1.68 bits per heavy atom. The molecule has 4 aliphatic rings. The van der Waals surface area contributed by atoms with E-state index in [9.17, 15) is 9.59 Å². The molecule has 1 atom stereocenters. The fraction of sp³-hybridized carbons (Fsp3) is 0.533. The molecule has 1 unspecified atom stereocenters. The minimum absolute atomic E-state index is 0.00531. The number of imide groups is 1. The van der Waals surface area contributed by atoms with Gasteiger partial charge < -0.3 is 14.5 Å². The lowest BCUT2D eigenvalue weighted by molar-refractivity contribution is -0.137. The quantitative estimate of drug-likeness (QED) is 0.557. The van der Waals surface area contributed by atoms with Crippen LogP contribution >= 0.6 is 0 Å². The number of benzene rings is 2. The van der Waals surface area contributed by atoms with Gasteiger partial charge in [-0.05, 0) is 80.3 Å². The minimum atomic E-state index is -0.708. The lowest BCUT2D eigenvalue weighted by atomic mass is 9.85. The van der Waals surface area contributed by atoms with E-state index >= 15 is 0 Å². The fourth-order valence-corrected chi connectivity index (χ4v) is 7.08. The molecule has 0 radical (unpaired) electrons. The summed E-state index contributed by atoms with van der Waals surface area (Å²) in [6, 6.07) is 14.8. The van der Waals surface area contributed by atoms with E-state index in [4.69, 9.17) is 4.74 Å². The third-order valence-corrected chi connectivity index (χ3v) is 9.09. The molecule has 0 bridgehead atoms. The Kier molecular flexibility index (Phi) is 6.35. The largest absolute Gasteiger partial charge is 0.496 e. The molecule has 6 rings (SSSR count). The molecular weight excluding hydrogens is 464 g/mol. The number of hydrogen-bond acceptors (Lipinski definition) is 5. The Morgan fingerprint density at radius 3 is 2.35 bits per heavy atom. The van der Waals surface area contributed by atoms with Crippen molar-refractivity contribution in [3.8, 4) is 5.75 Å². The van der Waals surface area contributed by atoms with Gasteiger partial charge in [-0.1, -0.05) is 24.3 Å². The molecule has 1 spiro atoms. The molecule has 3 saturated heterocycles. The molecule has 3 heterocycles. The smallest absolute Gasteiger partial charge is 0.327 e. The number of anilines is 1. The maximum atomic E-state index is 14.0. The summed E-state index contributed by atoms with van der Waals surface area (Å²) < 4.78 is 5.56. The summed E-state index contributed by atoms with van der Waals surface area (Å²) in [5, 5.41) is 0. The molecule has 0 saturated carbocycles. The van der Waals surface area contributed by atoms with E-state index < -0.39 is 5.54 Å². The number of nitrogens with zero attached hydrogens (tertiary/aromatic N) is 4. The average molecular weight is 503 g/mol. The first-order valence-corrected chi connectivity index (χ1v) is 13.9. The van der Waals surface area contributed by atoms with Crippen molar-refractivity contribution in [3.05, 3.63) is 59.2 Å². The first kappa shape index (κ1) is 24.3. The number of hydrogen-bond donors (Lipinski definition) is 0. The number of piperidine rings is 1. The van der Waals surface area contributed by atoms with Crippen molar-refractivity contribution in [2.75, 3.05) is 44.7 Å². The monoisotopic (exact) mass is 502 g/mol. The van der Waals surface area contributed by atoms with Crippen molar-refractivity contribution in [1.82, 2.24) is 14.7 Å². The second kappa shape index (κ2) is 9.67. The molecule has 3 aliphatic heterocycles. The van der Waals surface area contributed by atoms with Crippen LogP contribution in [0.15, 0.2) is 42.5 Å². The van der Waals surface area contributed by atoms with Gasteiger partial charge in [0.1, 0.15) is 11.3 Å². The van der Waals surface area contributed by atoms with Crippen molar-refractivity contribution in [2.24, 2.45) is 0 Å². The number of urea groups is 1. The van der Waals surface area contributed by atoms with Gasteiger partial charge >= 0.3 is 6.03 Å². The summed E-state index contributed by atoms with van der Waals surface area (Å²) in [6.45, 7) is 7.38. The highest BCUT2D eigenvalue weighted by Crippen LogP contribution is 2.41. The van der Waals surface area contributed by atoms with E-state index in [-0.39, 0.29) is 18.0 Å². The second-order valence-electron chi connectivity index (χ2n) is 11.0. The Labute approximate surface area is 220 Å². The Hall–Kier alpha value is -3.06. The summed E-state index contributed by atoms with van der Waals surface area (Å²) in [5.74, 6) is 0.855. The number of likely N-dealkylation sites (tertiary alicyclic amines) is 1. The van der Waals surface area contributed by atoms with Crippen LogP contribution in [0.5, 0.6) is 5.75 Å². The number of fused-ring (bicyclic) bond motifs is 1. The third-order valence-electron chi connectivity index (χ3n) is 9.09. The topological polar surface area (TPSA) is 56.3 Å². The van der Waals surface area contributed by atoms with Crippen molar-refractivity contribution < 1.29 is 14.3 Å². The molecule has 37 heavy (non-hydrogen) atoms. The highest BCUT2D eigenvalue weighted by atomic mass is 16.5. The third kappa shape index (κ3) is 4.08. The molecule has 2 aromatic carbocycles. The number of carbonyl (C=O) groups is 2. The first-order chi connectivity index (χ1) is 18.0. The lowest BCUT2D eigenvalue weighted by Crippen LogP contribution is -2.56. The minimum Gasteiger partial charge on any atom is -0.496 e. The van der Waals surface area contributed by atoms with Crippen LogP contribution in [0, 0.1) is 0 Å². The zero-order valence-corrected chi connectivity index (χ0v) is 22.1. The molecule has 7 heteroatoms. The van der Waals surface area contributed by atoms with Crippen LogP contribution in [-0.2, 0) is 24.2 Å².